The number of nitrogens with one attached hydrogen (secondary N) is 1. The van der Waals surface area contributed by atoms with Gasteiger partial charge in [0.15, 0.2) is 15.6 Å². The fourth-order valence-corrected chi connectivity index (χ4v) is 6.12. The molecule has 1 atom stereocenters. The summed E-state index contributed by atoms with van der Waals surface area (Å²) in [6.07, 6.45) is 2.23. The number of hydrogen-bond acceptors (Lipinski definition) is 5. The van der Waals surface area contributed by atoms with E-state index in [1.807, 2.05) is 0 Å². The first-order valence-corrected chi connectivity index (χ1v) is 11.1. The zero-order valence-electron chi connectivity index (χ0n) is 15.7. The second-order valence-electron chi connectivity index (χ2n) is 7.23. The molecule has 0 spiro atoms. The van der Waals surface area contributed by atoms with Crippen LogP contribution in [0.5, 0.6) is 0 Å². The highest BCUT2D eigenvalue weighted by Crippen LogP contribution is 2.47. The van der Waals surface area contributed by atoms with E-state index in [4.69, 9.17) is 4.74 Å². The Bertz CT molecular complexity index is 1050. The Hall–Kier alpha value is -2.41. The highest BCUT2D eigenvalue weighted by Gasteiger charge is 2.44. The minimum absolute atomic E-state index is 0.0234. The average molecular weight is 403 g/mol. The van der Waals surface area contributed by atoms with Gasteiger partial charge in [-0.3, -0.25) is 4.79 Å². The first-order valence-electron chi connectivity index (χ1n) is 9.44. The zero-order valence-corrected chi connectivity index (χ0v) is 16.5. The van der Waals surface area contributed by atoms with Crippen LogP contribution in [0.15, 0.2) is 46.7 Å². The molecule has 5 nitrogen and oxygen atoms in total. The molecule has 28 heavy (non-hydrogen) atoms. The molecule has 1 aromatic rings. The molecule has 148 valence electrons. The van der Waals surface area contributed by atoms with E-state index in [1.165, 1.54) is 6.07 Å². The highest BCUT2D eigenvalue weighted by atomic mass is 32.2. The normalized spacial score (nSPS) is 23.2. The molecular formula is C21H22FNO4S. The van der Waals surface area contributed by atoms with Crippen molar-refractivity contribution in [1.82, 2.24) is 5.32 Å². The first-order chi connectivity index (χ1) is 13.3. The third kappa shape index (κ3) is 2.98. The van der Waals surface area contributed by atoms with Gasteiger partial charge in [0.25, 0.3) is 0 Å². The Labute approximate surface area is 163 Å². The summed E-state index contributed by atoms with van der Waals surface area (Å²) in [6.45, 7) is 5.89. The van der Waals surface area contributed by atoms with Crippen LogP contribution in [-0.2, 0) is 19.4 Å². The van der Waals surface area contributed by atoms with E-state index in [2.05, 4.69) is 11.9 Å². The molecule has 7 heteroatoms. The smallest absolute Gasteiger partial charge is 0.177 e. The van der Waals surface area contributed by atoms with Gasteiger partial charge in [0.1, 0.15) is 11.6 Å². The number of ketones is 1. The predicted molar refractivity (Wildman–Crippen MR) is 104 cm³/mol. The number of rotatable bonds is 4. The van der Waals surface area contributed by atoms with Crippen LogP contribution in [0.2, 0.25) is 0 Å². The standard InChI is InChI=1S/C21H22FNO4S/c1-3-27-12(2)14-11-13(7-8-15(14)22)19-20-16(5-4-6-18(20)24)23-17-9-10-28(25,26)21(17)19/h7-8,11,19,23H,2-6,9-10H2,1H3. The van der Waals surface area contributed by atoms with Crippen molar-refractivity contribution in [2.45, 2.75) is 38.5 Å². The molecule has 1 unspecified atom stereocenters. The average Bonchev–Trinajstić information content (AvgIpc) is 2.96. The van der Waals surface area contributed by atoms with Crippen LogP contribution < -0.4 is 5.32 Å². The van der Waals surface area contributed by atoms with Gasteiger partial charge < -0.3 is 10.1 Å². The molecular weight excluding hydrogens is 381 g/mol. The molecule has 0 fully saturated rings. The second-order valence-corrected chi connectivity index (χ2v) is 9.31. The summed E-state index contributed by atoms with van der Waals surface area (Å²) in [5, 5.41) is 3.22. The number of sulfone groups is 1. The molecule has 2 aliphatic heterocycles. The molecule has 0 saturated carbocycles. The Kier molecular flexibility index (Phi) is 4.65. The van der Waals surface area contributed by atoms with Crippen LogP contribution in [0.1, 0.15) is 49.7 Å². The molecule has 3 aliphatic rings. The number of benzene rings is 1. The minimum atomic E-state index is -3.49. The largest absolute Gasteiger partial charge is 0.494 e. The molecule has 0 aromatic heterocycles. The van der Waals surface area contributed by atoms with Gasteiger partial charge in [0, 0.05) is 29.8 Å². The number of allylic oxidation sites excluding steroid dienone is 4. The van der Waals surface area contributed by atoms with E-state index >= 15 is 0 Å². The van der Waals surface area contributed by atoms with Crippen molar-refractivity contribution < 1.29 is 22.3 Å². The van der Waals surface area contributed by atoms with Crippen LogP contribution in [0.3, 0.4) is 0 Å². The van der Waals surface area contributed by atoms with Gasteiger partial charge in [-0.05, 0) is 37.5 Å². The third-order valence-corrected chi connectivity index (χ3v) is 7.40. The van der Waals surface area contributed by atoms with Crippen LogP contribution in [0.4, 0.5) is 4.39 Å². The Morgan fingerprint density at radius 1 is 1.29 bits per heavy atom. The molecule has 1 aliphatic carbocycles. The number of halogens is 1. The van der Waals surface area contributed by atoms with Gasteiger partial charge >= 0.3 is 0 Å². The Balaban J connectivity index is 1.91. The maximum absolute atomic E-state index is 14.4. The minimum Gasteiger partial charge on any atom is -0.494 e. The summed E-state index contributed by atoms with van der Waals surface area (Å²) < 4.78 is 45.3. The Morgan fingerprint density at radius 2 is 2.07 bits per heavy atom. The number of Topliss-reactive ketones (excluding diaryl/α,β-unsaturated/α-hetero) is 1. The number of ether oxygens (including phenoxy) is 1. The fraction of sp³-hybridized carbons (Fsp3) is 0.381. The topological polar surface area (TPSA) is 72.5 Å². The fourth-order valence-electron chi connectivity index (χ4n) is 4.28. The number of carbonyl (C=O) groups is 1. The molecule has 0 saturated heterocycles. The second kappa shape index (κ2) is 6.88. The lowest BCUT2D eigenvalue weighted by Crippen LogP contribution is -2.32. The van der Waals surface area contributed by atoms with Crippen molar-refractivity contribution in [2.75, 3.05) is 12.4 Å². The summed E-state index contributed by atoms with van der Waals surface area (Å²) in [5.41, 5.74) is 2.70. The van der Waals surface area contributed by atoms with E-state index < -0.39 is 21.6 Å². The molecule has 2 heterocycles. The van der Waals surface area contributed by atoms with E-state index in [0.717, 1.165) is 12.1 Å². The van der Waals surface area contributed by atoms with Gasteiger partial charge in [0.05, 0.1) is 28.7 Å². The van der Waals surface area contributed by atoms with Crippen molar-refractivity contribution in [1.29, 1.82) is 0 Å². The molecule has 0 amide bonds. The molecule has 0 bridgehead atoms. The summed E-state index contributed by atoms with van der Waals surface area (Å²) in [5.74, 6) is -1.05. The van der Waals surface area contributed by atoms with E-state index in [0.29, 0.717) is 42.7 Å². The SMILES string of the molecule is C=C(OCC)c1cc(C2C3=C(CCCC3=O)NC3=C2S(=O)(=O)CC3)ccc1F. The maximum atomic E-state index is 14.4. The molecule has 0 radical (unpaired) electrons. The lowest BCUT2D eigenvalue weighted by molar-refractivity contribution is -0.116. The van der Waals surface area contributed by atoms with Crippen molar-refractivity contribution in [2.24, 2.45) is 0 Å². The van der Waals surface area contributed by atoms with Crippen molar-refractivity contribution in [3.05, 3.63) is 63.6 Å². The lowest BCUT2D eigenvalue weighted by Gasteiger charge is -2.33. The van der Waals surface area contributed by atoms with Crippen LogP contribution in [0.25, 0.3) is 5.76 Å². The molecule has 1 aromatic carbocycles. The summed E-state index contributed by atoms with van der Waals surface area (Å²) in [4.78, 5) is 13.0. The summed E-state index contributed by atoms with van der Waals surface area (Å²) >= 11 is 0. The summed E-state index contributed by atoms with van der Waals surface area (Å²) in [7, 11) is -3.49. The molecule has 4 rings (SSSR count). The predicted octanol–water partition coefficient (Wildman–Crippen LogP) is 3.56. The molecule has 1 N–H and O–H groups in total. The van der Waals surface area contributed by atoms with Gasteiger partial charge in [-0.25, -0.2) is 12.8 Å². The van der Waals surface area contributed by atoms with Crippen LogP contribution in [-0.4, -0.2) is 26.6 Å². The van der Waals surface area contributed by atoms with Crippen molar-refractivity contribution >= 4 is 21.4 Å². The monoisotopic (exact) mass is 403 g/mol. The maximum Gasteiger partial charge on any atom is 0.177 e. The van der Waals surface area contributed by atoms with Gasteiger partial charge in [-0.1, -0.05) is 12.6 Å². The van der Waals surface area contributed by atoms with Gasteiger partial charge in [-0.15, -0.1) is 0 Å². The lowest BCUT2D eigenvalue weighted by atomic mass is 9.79. The van der Waals surface area contributed by atoms with E-state index in [-0.39, 0.29) is 27.8 Å². The van der Waals surface area contributed by atoms with Crippen molar-refractivity contribution in [3.8, 4) is 0 Å². The van der Waals surface area contributed by atoms with Crippen molar-refractivity contribution in [3.63, 3.8) is 0 Å². The van der Waals surface area contributed by atoms with Crippen LogP contribution in [0, 0.1) is 5.82 Å². The first kappa shape index (κ1) is 18.9. The Morgan fingerprint density at radius 3 is 2.82 bits per heavy atom. The zero-order chi connectivity index (χ0) is 20.1. The summed E-state index contributed by atoms with van der Waals surface area (Å²) in [6, 6.07) is 4.40. The van der Waals surface area contributed by atoms with Gasteiger partial charge in [0.2, 0.25) is 0 Å². The van der Waals surface area contributed by atoms with Crippen LogP contribution >= 0.6 is 0 Å². The quantitative estimate of drug-likeness (QED) is 0.779. The van der Waals surface area contributed by atoms with Gasteiger partial charge in [-0.2, -0.15) is 0 Å². The van der Waals surface area contributed by atoms with E-state index in [1.54, 1.807) is 19.1 Å². The number of carbonyl (C=O) groups excluding carboxylic acids is 1. The number of dihydropyridines is 1. The third-order valence-electron chi connectivity index (χ3n) is 5.50. The van der Waals surface area contributed by atoms with E-state index in [9.17, 15) is 17.6 Å². The number of hydrogen-bond donors (Lipinski definition) is 1. The highest BCUT2D eigenvalue weighted by molar-refractivity contribution is 7.95.